The maximum atomic E-state index is 11.7. The summed E-state index contributed by atoms with van der Waals surface area (Å²) in [4.78, 5) is 0. The van der Waals surface area contributed by atoms with Crippen molar-refractivity contribution in [2.75, 3.05) is 6.54 Å². The Morgan fingerprint density at radius 2 is 1.76 bits per heavy atom. The molecule has 0 aromatic heterocycles. The molecule has 0 spiro atoms. The molecule has 1 aliphatic carbocycles. The summed E-state index contributed by atoms with van der Waals surface area (Å²) in [5, 5.41) is 0. The molecular formula is C10H24ClN3O2S. The van der Waals surface area contributed by atoms with Crippen molar-refractivity contribution in [2.24, 2.45) is 11.7 Å². The van der Waals surface area contributed by atoms with Gasteiger partial charge in [-0.15, -0.1) is 12.4 Å². The molecule has 17 heavy (non-hydrogen) atoms. The Morgan fingerprint density at radius 3 is 2.18 bits per heavy atom. The van der Waals surface area contributed by atoms with E-state index in [0.29, 0.717) is 12.5 Å². The van der Waals surface area contributed by atoms with Gasteiger partial charge in [0, 0.05) is 18.6 Å². The van der Waals surface area contributed by atoms with Crippen molar-refractivity contribution >= 4 is 22.6 Å². The van der Waals surface area contributed by atoms with Gasteiger partial charge >= 0.3 is 0 Å². The molecule has 0 heterocycles. The van der Waals surface area contributed by atoms with Gasteiger partial charge < -0.3 is 5.73 Å². The Balaban J connectivity index is 0.00000256. The Bertz CT molecular complexity index is 303. The molecule has 0 amide bonds. The summed E-state index contributed by atoms with van der Waals surface area (Å²) in [5.74, 6) is 0.397. The zero-order valence-electron chi connectivity index (χ0n) is 10.5. The zero-order valence-corrected chi connectivity index (χ0v) is 12.1. The van der Waals surface area contributed by atoms with Gasteiger partial charge in [0.15, 0.2) is 0 Å². The highest BCUT2D eigenvalue weighted by atomic mass is 35.5. The van der Waals surface area contributed by atoms with E-state index in [0.717, 1.165) is 12.8 Å². The van der Waals surface area contributed by atoms with E-state index in [1.807, 2.05) is 0 Å². The second-order valence-corrected chi connectivity index (χ2v) is 6.26. The minimum Gasteiger partial charge on any atom is -0.329 e. The van der Waals surface area contributed by atoms with Crippen LogP contribution in [0.4, 0.5) is 0 Å². The van der Waals surface area contributed by atoms with Gasteiger partial charge in [0.2, 0.25) is 0 Å². The molecule has 104 valence electrons. The van der Waals surface area contributed by atoms with Crippen LogP contribution in [-0.2, 0) is 10.2 Å². The molecular weight excluding hydrogens is 262 g/mol. The van der Waals surface area contributed by atoms with Crippen LogP contribution in [-0.4, -0.2) is 27.0 Å². The smallest absolute Gasteiger partial charge is 0.277 e. The van der Waals surface area contributed by atoms with Crippen molar-refractivity contribution < 1.29 is 8.42 Å². The largest absolute Gasteiger partial charge is 0.329 e. The van der Waals surface area contributed by atoms with Crippen LogP contribution in [0.2, 0.25) is 0 Å². The van der Waals surface area contributed by atoms with Crippen molar-refractivity contribution in [3.8, 4) is 0 Å². The van der Waals surface area contributed by atoms with Crippen LogP contribution in [0.1, 0.15) is 39.5 Å². The fourth-order valence-corrected chi connectivity index (χ4v) is 3.62. The van der Waals surface area contributed by atoms with Gasteiger partial charge in [0.05, 0.1) is 0 Å². The second kappa shape index (κ2) is 7.53. The van der Waals surface area contributed by atoms with Gasteiger partial charge in [-0.05, 0) is 32.6 Å². The van der Waals surface area contributed by atoms with E-state index in [-0.39, 0.29) is 24.5 Å². The third kappa shape index (κ3) is 6.01. The van der Waals surface area contributed by atoms with Crippen LogP contribution in [0.25, 0.3) is 0 Å². The number of hydrogen-bond donors (Lipinski definition) is 3. The monoisotopic (exact) mass is 285 g/mol. The summed E-state index contributed by atoms with van der Waals surface area (Å²) in [6, 6.07) is -0.224. The molecule has 4 N–H and O–H groups in total. The standard InChI is InChI=1S/C10H23N3O2S.ClH/c1-8(2)12-16(14,15)13-10(7-11)9-5-3-4-6-9;/h8-10,12-13H,3-7,11H2,1-2H3;1H. The third-order valence-electron chi connectivity index (χ3n) is 2.92. The van der Waals surface area contributed by atoms with Gasteiger partial charge in [-0.25, -0.2) is 0 Å². The normalized spacial score (nSPS) is 19.3. The number of hydrogen-bond acceptors (Lipinski definition) is 3. The predicted octanol–water partition coefficient (Wildman–Crippen LogP) is 0.758. The highest BCUT2D eigenvalue weighted by Gasteiger charge is 2.27. The lowest BCUT2D eigenvalue weighted by Gasteiger charge is -2.23. The van der Waals surface area contributed by atoms with E-state index in [1.165, 1.54) is 12.8 Å². The van der Waals surface area contributed by atoms with E-state index in [4.69, 9.17) is 5.73 Å². The van der Waals surface area contributed by atoms with E-state index in [2.05, 4.69) is 9.44 Å². The fraction of sp³-hybridized carbons (Fsp3) is 1.00. The summed E-state index contributed by atoms with van der Waals surface area (Å²) < 4.78 is 28.5. The number of nitrogens with two attached hydrogens (primary N) is 1. The van der Waals surface area contributed by atoms with Gasteiger partial charge in [-0.1, -0.05) is 12.8 Å². The Labute approximate surface area is 111 Å². The van der Waals surface area contributed by atoms with Crippen molar-refractivity contribution in [2.45, 2.75) is 51.6 Å². The van der Waals surface area contributed by atoms with Gasteiger partial charge in [-0.3, -0.25) is 0 Å². The van der Waals surface area contributed by atoms with Crippen LogP contribution in [0.3, 0.4) is 0 Å². The van der Waals surface area contributed by atoms with E-state index in [9.17, 15) is 8.42 Å². The zero-order chi connectivity index (χ0) is 12.2. The minimum absolute atomic E-state index is 0. The van der Waals surface area contributed by atoms with Crippen LogP contribution in [0.15, 0.2) is 0 Å². The van der Waals surface area contributed by atoms with Gasteiger partial charge in [-0.2, -0.15) is 17.9 Å². The molecule has 1 atom stereocenters. The average molecular weight is 286 g/mol. The van der Waals surface area contributed by atoms with Crippen molar-refractivity contribution in [3.05, 3.63) is 0 Å². The summed E-state index contributed by atoms with van der Waals surface area (Å²) in [6.45, 7) is 3.96. The lowest BCUT2D eigenvalue weighted by Crippen LogP contribution is -2.50. The van der Waals surface area contributed by atoms with E-state index >= 15 is 0 Å². The molecule has 1 saturated carbocycles. The van der Waals surface area contributed by atoms with Crippen LogP contribution in [0, 0.1) is 5.92 Å². The molecule has 1 rings (SSSR count). The van der Waals surface area contributed by atoms with E-state index in [1.54, 1.807) is 13.8 Å². The molecule has 0 radical (unpaired) electrons. The predicted molar refractivity (Wildman–Crippen MR) is 72.4 cm³/mol. The first-order chi connectivity index (χ1) is 7.44. The summed E-state index contributed by atoms with van der Waals surface area (Å²) >= 11 is 0. The average Bonchev–Trinajstić information content (AvgIpc) is 2.64. The highest BCUT2D eigenvalue weighted by Crippen LogP contribution is 2.27. The van der Waals surface area contributed by atoms with Crippen LogP contribution >= 0.6 is 12.4 Å². The minimum atomic E-state index is -3.41. The maximum Gasteiger partial charge on any atom is 0.277 e. The Hall–Kier alpha value is 0.120. The number of rotatable bonds is 6. The van der Waals surface area contributed by atoms with Crippen LogP contribution < -0.4 is 15.2 Å². The highest BCUT2D eigenvalue weighted by molar-refractivity contribution is 7.87. The maximum absolute atomic E-state index is 11.7. The SMILES string of the molecule is CC(C)NS(=O)(=O)NC(CN)C1CCCC1.Cl. The first-order valence-electron chi connectivity index (χ1n) is 5.94. The summed E-state index contributed by atoms with van der Waals surface area (Å²) in [7, 11) is -3.41. The van der Waals surface area contributed by atoms with E-state index < -0.39 is 10.2 Å². The second-order valence-electron chi connectivity index (χ2n) is 4.78. The van der Waals surface area contributed by atoms with Gasteiger partial charge in [0.1, 0.15) is 0 Å². The van der Waals surface area contributed by atoms with Crippen molar-refractivity contribution in [1.82, 2.24) is 9.44 Å². The first-order valence-corrected chi connectivity index (χ1v) is 7.42. The fourth-order valence-electron chi connectivity index (χ4n) is 2.24. The van der Waals surface area contributed by atoms with Crippen LogP contribution in [0.5, 0.6) is 0 Å². The summed E-state index contributed by atoms with van der Waals surface area (Å²) in [5.41, 5.74) is 5.64. The van der Waals surface area contributed by atoms with Crippen molar-refractivity contribution in [1.29, 1.82) is 0 Å². The molecule has 5 nitrogen and oxygen atoms in total. The lowest BCUT2D eigenvalue weighted by atomic mass is 9.99. The molecule has 1 fully saturated rings. The Kier molecular flexibility index (Phi) is 7.58. The summed E-state index contributed by atoms with van der Waals surface area (Å²) in [6.07, 6.45) is 4.51. The first kappa shape index (κ1) is 17.1. The topological polar surface area (TPSA) is 84.2 Å². The molecule has 1 aliphatic rings. The third-order valence-corrected chi connectivity index (χ3v) is 4.31. The Morgan fingerprint density at radius 1 is 1.24 bits per heavy atom. The molecule has 1 unspecified atom stereocenters. The molecule has 0 aromatic carbocycles. The molecule has 7 heteroatoms. The van der Waals surface area contributed by atoms with Crippen molar-refractivity contribution in [3.63, 3.8) is 0 Å². The molecule has 0 aromatic rings. The quantitative estimate of drug-likeness (QED) is 0.674. The molecule has 0 aliphatic heterocycles. The number of halogens is 1. The number of nitrogens with one attached hydrogen (secondary N) is 2. The molecule has 0 saturated heterocycles. The van der Waals surface area contributed by atoms with Gasteiger partial charge in [0.25, 0.3) is 10.2 Å². The lowest BCUT2D eigenvalue weighted by molar-refractivity contribution is 0.402. The molecule has 0 bridgehead atoms.